The van der Waals surface area contributed by atoms with Crippen LogP contribution in [0, 0.1) is 0 Å². The summed E-state index contributed by atoms with van der Waals surface area (Å²) >= 11 is 0. The summed E-state index contributed by atoms with van der Waals surface area (Å²) in [6.07, 6.45) is 8.95. The van der Waals surface area contributed by atoms with Crippen molar-refractivity contribution < 1.29 is 9.47 Å². The molecule has 1 fully saturated rings. The molecule has 4 nitrogen and oxygen atoms in total. The summed E-state index contributed by atoms with van der Waals surface area (Å²) in [6.45, 7) is 1.12. The molecule has 0 amide bonds. The van der Waals surface area contributed by atoms with E-state index in [4.69, 9.17) is 15.2 Å². The maximum atomic E-state index is 5.96. The topological polar surface area (TPSA) is 47.7 Å². The minimum atomic E-state index is 0.720. The van der Waals surface area contributed by atoms with Crippen molar-refractivity contribution in [2.24, 2.45) is 0 Å². The normalized spacial score (nSPS) is 16.0. The summed E-state index contributed by atoms with van der Waals surface area (Å²) < 4.78 is 10.9. The van der Waals surface area contributed by atoms with Gasteiger partial charge in [-0.15, -0.1) is 0 Å². The van der Waals surface area contributed by atoms with Gasteiger partial charge in [0.15, 0.2) is 11.5 Å². The molecule has 1 aromatic rings. The number of ether oxygens (including phenoxy) is 2. The monoisotopic (exact) mass is 306 g/mol. The molecular weight excluding hydrogens is 276 g/mol. The van der Waals surface area contributed by atoms with E-state index >= 15 is 0 Å². The number of hydrogen-bond acceptors (Lipinski definition) is 4. The largest absolute Gasteiger partial charge is 0.493 e. The van der Waals surface area contributed by atoms with Crippen molar-refractivity contribution in [1.82, 2.24) is 4.90 Å². The molecule has 0 radical (unpaired) electrons. The Hall–Kier alpha value is -1.42. The minimum absolute atomic E-state index is 0.720. The summed E-state index contributed by atoms with van der Waals surface area (Å²) in [5.74, 6) is 1.54. The van der Waals surface area contributed by atoms with Crippen molar-refractivity contribution >= 4 is 5.69 Å². The maximum Gasteiger partial charge on any atom is 0.164 e. The third-order valence-corrected chi connectivity index (χ3v) is 4.73. The van der Waals surface area contributed by atoms with Crippen molar-refractivity contribution in [3.63, 3.8) is 0 Å². The molecule has 2 rings (SSSR count). The average Bonchev–Trinajstić information content (AvgIpc) is 2.55. The van der Waals surface area contributed by atoms with Crippen molar-refractivity contribution in [2.45, 2.75) is 51.0 Å². The summed E-state index contributed by atoms with van der Waals surface area (Å²) in [5.41, 5.74) is 7.83. The molecule has 2 N–H and O–H groups in total. The highest BCUT2D eigenvalue weighted by Gasteiger charge is 2.18. The number of nitrogens with zero attached hydrogens (tertiary/aromatic N) is 1. The Labute approximate surface area is 134 Å². The van der Waals surface area contributed by atoms with Crippen LogP contribution in [0.5, 0.6) is 11.5 Å². The van der Waals surface area contributed by atoms with Crippen molar-refractivity contribution in [2.75, 3.05) is 33.5 Å². The van der Waals surface area contributed by atoms with E-state index in [1.54, 1.807) is 14.2 Å². The fourth-order valence-electron chi connectivity index (χ4n) is 3.48. The van der Waals surface area contributed by atoms with Crippen LogP contribution in [0.1, 0.15) is 44.1 Å². The van der Waals surface area contributed by atoms with Crippen LogP contribution in [-0.2, 0) is 6.42 Å². The lowest BCUT2D eigenvalue weighted by Gasteiger charge is -2.31. The predicted molar refractivity (Wildman–Crippen MR) is 91.8 cm³/mol. The van der Waals surface area contributed by atoms with Gasteiger partial charge in [-0.25, -0.2) is 0 Å². The van der Waals surface area contributed by atoms with E-state index in [0.717, 1.165) is 48.2 Å². The summed E-state index contributed by atoms with van der Waals surface area (Å²) in [7, 11) is 5.59. The lowest BCUT2D eigenvalue weighted by atomic mass is 9.94. The van der Waals surface area contributed by atoms with Gasteiger partial charge in [0.1, 0.15) is 0 Å². The molecular formula is C18H30N2O2. The molecule has 0 bridgehead atoms. The zero-order valence-corrected chi connectivity index (χ0v) is 14.2. The van der Waals surface area contributed by atoms with Crippen molar-refractivity contribution in [3.8, 4) is 11.5 Å². The van der Waals surface area contributed by atoms with E-state index in [-0.39, 0.29) is 0 Å². The number of hydrogen-bond donors (Lipinski definition) is 1. The minimum Gasteiger partial charge on any atom is -0.493 e. The Bertz CT molecular complexity index is 470. The molecule has 1 aliphatic rings. The molecule has 22 heavy (non-hydrogen) atoms. The highest BCUT2D eigenvalue weighted by Crippen LogP contribution is 2.34. The van der Waals surface area contributed by atoms with Gasteiger partial charge in [-0.1, -0.05) is 19.3 Å². The number of anilines is 1. The number of nitrogens with two attached hydrogens (primary N) is 1. The average molecular weight is 306 g/mol. The summed E-state index contributed by atoms with van der Waals surface area (Å²) in [5, 5.41) is 0. The Morgan fingerprint density at radius 1 is 1.14 bits per heavy atom. The molecule has 0 saturated heterocycles. The molecule has 1 aliphatic carbocycles. The molecule has 0 unspecified atom stereocenters. The van der Waals surface area contributed by atoms with Gasteiger partial charge in [-0.05, 0) is 45.3 Å². The van der Waals surface area contributed by atoms with E-state index in [0.29, 0.717) is 0 Å². The van der Waals surface area contributed by atoms with Crippen LogP contribution in [0.2, 0.25) is 0 Å². The fourth-order valence-corrected chi connectivity index (χ4v) is 3.48. The molecule has 0 atom stereocenters. The number of benzene rings is 1. The molecule has 1 aromatic carbocycles. The van der Waals surface area contributed by atoms with Crippen LogP contribution in [0.25, 0.3) is 0 Å². The van der Waals surface area contributed by atoms with Gasteiger partial charge in [0.2, 0.25) is 0 Å². The maximum absolute atomic E-state index is 5.96. The Kier molecular flexibility index (Phi) is 6.37. The van der Waals surface area contributed by atoms with E-state index in [2.05, 4.69) is 11.9 Å². The van der Waals surface area contributed by atoms with Crippen LogP contribution in [-0.4, -0.2) is 38.8 Å². The first-order valence-corrected chi connectivity index (χ1v) is 8.36. The van der Waals surface area contributed by atoms with Crippen molar-refractivity contribution in [3.05, 3.63) is 17.7 Å². The Morgan fingerprint density at radius 2 is 1.86 bits per heavy atom. The number of aryl methyl sites for hydroxylation is 1. The number of rotatable bonds is 7. The summed E-state index contributed by atoms with van der Waals surface area (Å²) in [6, 6.07) is 4.59. The fraction of sp³-hybridized carbons (Fsp3) is 0.667. The van der Waals surface area contributed by atoms with Gasteiger partial charge in [0.25, 0.3) is 0 Å². The van der Waals surface area contributed by atoms with E-state index in [1.807, 2.05) is 12.1 Å². The summed E-state index contributed by atoms with van der Waals surface area (Å²) in [4.78, 5) is 2.52. The van der Waals surface area contributed by atoms with Crippen LogP contribution >= 0.6 is 0 Å². The van der Waals surface area contributed by atoms with E-state index < -0.39 is 0 Å². The second kappa shape index (κ2) is 8.28. The molecule has 124 valence electrons. The lowest BCUT2D eigenvalue weighted by molar-refractivity contribution is 0.190. The van der Waals surface area contributed by atoms with Gasteiger partial charge in [-0.2, -0.15) is 0 Å². The third-order valence-electron chi connectivity index (χ3n) is 4.73. The quantitative estimate of drug-likeness (QED) is 0.783. The molecule has 0 aromatic heterocycles. The van der Waals surface area contributed by atoms with Crippen molar-refractivity contribution in [1.29, 1.82) is 0 Å². The van der Waals surface area contributed by atoms with Gasteiger partial charge < -0.3 is 20.1 Å². The number of methoxy groups -OCH3 is 2. The van der Waals surface area contributed by atoms with Gasteiger partial charge >= 0.3 is 0 Å². The molecule has 0 aliphatic heterocycles. The Balaban J connectivity index is 1.92. The second-order valence-corrected chi connectivity index (χ2v) is 6.29. The number of nitrogen functional groups attached to an aromatic ring is 1. The second-order valence-electron chi connectivity index (χ2n) is 6.29. The van der Waals surface area contributed by atoms with E-state index in [1.165, 1.54) is 32.1 Å². The van der Waals surface area contributed by atoms with Crippen LogP contribution in [0.15, 0.2) is 12.1 Å². The first-order valence-electron chi connectivity index (χ1n) is 8.36. The van der Waals surface area contributed by atoms with Crippen LogP contribution in [0.4, 0.5) is 5.69 Å². The molecule has 4 heteroatoms. The van der Waals surface area contributed by atoms with Gasteiger partial charge in [-0.3, -0.25) is 0 Å². The zero-order valence-electron chi connectivity index (χ0n) is 14.2. The predicted octanol–water partition coefficient (Wildman–Crippen LogP) is 3.48. The first-order chi connectivity index (χ1) is 10.7. The SMILES string of the molecule is COc1cc(N)cc(CCCN(C)C2CCCCC2)c1OC. The third kappa shape index (κ3) is 4.29. The zero-order chi connectivity index (χ0) is 15.9. The first kappa shape index (κ1) is 16.9. The smallest absolute Gasteiger partial charge is 0.164 e. The standard InChI is InChI=1S/C18H30N2O2/c1-20(16-9-5-4-6-10-16)11-7-8-14-12-15(19)13-17(21-2)18(14)22-3/h12-13,16H,4-11,19H2,1-3H3. The Morgan fingerprint density at radius 3 is 2.50 bits per heavy atom. The molecule has 0 heterocycles. The molecule has 0 spiro atoms. The van der Waals surface area contributed by atoms with Gasteiger partial charge in [0.05, 0.1) is 14.2 Å². The van der Waals surface area contributed by atoms with E-state index in [9.17, 15) is 0 Å². The highest BCUT2D eigenvalue weighted by molar-refractivity contribution is 5.57. The van der Waals surface area contributed by atoms with Gasteiger partial charge in [0, 0.05) is 23.4 Å². The van der Waals surface area contributed by atoms with Crippen LogP contribution in [0.3, 0.4) is 0 Å². The van der Waals surface area contributed by atoms with Crippen LogP contribution < -0.4 is 15.2 Å². The molecule has 1 saturated carbocycles. The lowest BCUT2D eigenvalue weighted by Crippen LogP contribution is -2.34. The highest BCUT2D eigenvalue weighted by atomic mass is 16.5.